The average molecular weight is 268 g/mol. The van der Waals surface area contributed by atoms with Crippen LogP contribution in [-0.4, -0.2) is 18.9 Å². The summed E-state index contributed by atoms with van der Waals surface area (Å²) >= 11 is 0. The molecule has 3 nitrogen and oxygen atoms in total. The summed E-state index contributed by atoms with van der Waals surface area (Å²) in [7, 11) is 1.41. The fourth-order valence-corrected chi connectivity index (χ4v) is 3.21. The van der Waals surface area contributed by atoms with Gasteiger partial charge in [0.1, 0.15) is 5.78 Å². The normalized spacial score (nSPS) is 23.4. The Morgan fingerprint density at radius 2 is 1.74 bits per heavy atom. The first kappa shape index (κ1) is 16.2. The molecule has 0 aliphatic heterocycles. The predicted molar refractivity (Wildman–Crippen MR) is 75.8 cm³/mol. The summed E-state index contributed by atoms with van der Waals surface area (Å²) < 4.78 is 4.60. The van der Waals surface area contributed by atoms with Crippen LogP contribution in [0.2, 0.25) is 0 Å². The molecule has 0 aromatic carbocycles. The van der Waals surface area contributed by atoms with Gasteiger partial charge < -0.3 is 4.74 Å². The van der Waals surface area contributed by atoms with Crippen molar-refractivity contribution < 1.29 is 14.3 Å². The Kier molecular flexibility index (Phi) is 7.11. The summed E-state index contributed by atoms with van der Waals surface area (Å²) in [6.45, 7) is 4.46. The number of hydrogen-bond donors (Lipinski definition) is 0. The number of esters is 1. The molecule has 19 heavy (non-hydrogen) atoms. The van der Waals surface area contributed by atoms with Gasteiger partial charge in [0.15, 0.2) is 0 Å². The summed E-state index contributed by atoms with van der Waals surface area (Å²) in [4.78, 5) is 23.3. The van der Waals surface area contributed by atoms with Crippen LogP contribution in [0.3, 0.4) is 0 Å². The van der Waals surface area contributed by atoms with Gasteiger partial charge in [-0.15, -0.1) is 0 Å². The van der Waals surface area contributed by atoms with Crippen molar-refractivity contribution >= 4 is 11.8 Å². The van der Waals surface area contributed by atoms with E-state index >= 15 is 0 Å². The molecule has 0 unspecified atom stereocenters. The molecular formula is C16H28O3. The van der Waals surface area contributed by atoms with E-state index in [2.05, 4.69) is 18.6 Å². The summed E-state index contributed by atoms with van der Waals surface area (Å²) in [6, 6.07) is 0. The molecule has 3 heteroatoms. The molecule has 0 spiro atoms. The van der Waals surface area contributed by atoms with Crippen molar-refractivity contribution in [3.05, 3.63) is 0 Å². The number of carbonyl (C=O) groups is 2. The molecule has 0 aromatic rings. The Bertz CT molecular complexity index is 296. The number of carbonyl (C=O) groups excluding carboxylic acids is 2. The lowest BCUT2D eigenvalue weighted by molar-refractivity contribution is -0.141. The quantitative estimate of drug-likeness (QED) is 0.521. The van der Waals surface area contributed by atoms with E-state index in [4.69, 9.17) is 0 Å². The zero-order chi connectivity index (χ0) is 14.3. The second-order valence-electron chi connectivity index (χ2n) is 6.05. The fraction of sp³-hybridized carbons (Fsp3) is 0.875. The van der Waals surface area contributed by atoms with Crippen LogP contribution >= 0.6 is 0 Å². The van der Waals surface area contributed by atoms with Crippen molar-refractivity contribution in [3.63, 3.8) is 0 Å². The van der Waals surface area contributed by atoms with E-state index in [0.717, 1.165) is 19.3 Å². The third kappa shape index (κ3) is 5.33. The van der Waals surface area contributed by atoms with Gasteiger partial charge in [-0.25, -0.2) is 0 Å². The molecule has 0 heterocycles. The Morgan fingerprint density at radius 3 is 2.37 bits per heavy atom. The SMILES string of the molecule is COC(=O)CCCCC(=O)[C@H]1CCCC[C@H]1C(C)C. The first-order valence-electron chi connectivity index (χ1n) is 7.65. The van der Waals surface area contributed by atoms with Crippen molar-refractivity contribution in [2.75, 3.05) is 7.11 Å². The maximum atomic E-state index is 12.3. The van der Waals surface area contributed by atoms with Crippen molar-refractivity contribution in [1.82, 2.24) is 0 Å². The zero-order valence-corrected chi connectivity index (χ0v) is 12.6. The molecule has 0 aromatic heterocycles. The average Bonchev–Trinajstić information content (AvgIpc) is 2.42. The highest BCUT2D eigenvalue weighted by atomic mass is 16.5. The standard InChI is InChI=1S/C16H28O3/c1-12(2)13-8-4-5-9-14(13)15(17)10-6-7-11-16(18)19-3/h12-14H,4-11H2,1-3H3/t13-,14-/m0/s1. The van der Waals surface area contributed by atoms with E-state index in [-0.39, 0.29) is 11.9 Å². The van der Waals surface area contributed by atoms with E-state index < -0.39 is 0 Å². The van der Waals surface area contributed by atoms with Crippen LogP contribution in [0.5, 0.6) is 0 Å². The van der Waals surface area contributed by atoms with E-state index in [9.17, 15) is 9.59 Å². The highest BCUT2D eigenvalue weighted by Crippen LogP contribution is 2.36. The van der Waals surface area contributed by atoms with Gasteiger partial charge in [0.25, 0.3) is 0 Å². The van der Waals surface area contributed by atoms with E-state index in [1.165, 1.54) is 26.4 Å². The van der Waals surface area contributed by atoms with E-state index in [1.807, 2.05) is 0 Å². The lowest BCUT2D eigenvalue weighted by Crippen LogP contribution is -2.30. The van der Waals surface area contributed by atoms with Gasteiger partial charge in [0.2, 0.25) is 0 Å². The highest BCUT2D eigenvalue weighted by Gasteiger charge is 2.31. The largest absolute Gasteiger partial charge is 0.469 e. The molecule has 2 atom stereocenters. The van der Waals surface area contributed by atoms with Gasteiger partial charge in [-0.05, 0) is 37.5 Å². The molecule has 1 fully saturated rings. The van der Waals surface area contributed by atoms with Crippen LogP contribution in [0.15, 0.2) is 0 Å². The minimum atomic E-state index is -0.176. The Labute approximate surface area is 117 Å². The predicted octanol–water partition coefficient (Wildman–Crippen LogP) is 3.75. The lowest BCUT2D eigenvalue weighted by Gasteiger charge is -2.33. The number of methoxy groups -OCH3 is 1. The highest BCUT2D eigenvalue weighted by molar-refractivity contribution is 5.81. The molecule has 0 bridgehead atoms. The smallest absolute Gasteiger partial charge is 0.305 e. The zero-order valence-electron chi connectivity index (χ0n) is 12.6. The molecule has 110 valence electrons. The van der Waals surface area contributed by atoms with E-state index in [1.54, 1.807) is 0 Å². The summed E-state index contributed by atoms with van der Waals surface area (Å²) in [5, 5.41) is 0. The van der Waals surface area contributed by atoms with Crippen molar-refractivity contribution in [2.24, 2.45) is 17.8 Å². The second-order valence-corrected chi connectivity index (χ2v) is 6.05. The molecule has 0 radical (unpaired) electrons. The van der Waals surface area contributed by atoms with Gasteiger partial charge in [0, 0.05) is 18.8 Å². The molecule has 0 N–H and O–H groups in total. The summed E-state index contributed by atoms with van der Waals surface area (Å²) in [6.07, 6.45) is 7.38. The van der Waals surface area contributed by atoms with Crippen molar-refractivity contribution in [3.8, 4) is 0 Å². The third-order valence-electron chi connectivity index (χ3n) is 4.37. The van der Waals surface area contributed by atoms with E-state index in [0.29, 0.717) is 30.5 Å². The van der Waals surface area contributed by atoms with Gasteiger partial charge in [-0.3, -0.25) is 9.59 Å². The fourth-order valence-electron chi connectivity index (χ4n) is 3.21. The summed E-state index contributed by atoms with van der Waals surface area (Å²) in [5.74, 6) is 1.69. The first-order valence-corrected chi connectivity index (χ1v) is 7.65. The van der Waals surface area contributed by atoms with Crippen LogP contribution in [-0.2, 0) is 14.3 Å². The number of ketones is 1. The van der Waals surface area contributed by atoms with Crippen molar-refractivity contribution in [1.29, 1.82) is 0 Å². The molecule has 1 aliphatic rings. The van der Waals surface area contributed by atoms with Crippen molar-refractivity contribution in [2.45, 2.75) is 65.2 Å². The Hall–Kier alpha value is -0.860. The molecule has 1 aliphatic carbocycles. The third-order valence-corrected chi connectivity index (χ3v) is 4.37. The number of ether oxygens (including phenoxy) is 1. The first-order chi connectivity index (χ1) is 9.06. The number of Topliss-reactive ketones (excluding diaryl/α,β-unsaturated/α-hetero) is 1. The molecule has 1 rings (SSSR count). The van der Waals surface area contributed by atoms with Crippen LogP contribution < -0.4 is 0 Å². The summed E-state index contributed by atoms with van der Waals surface area (Å²) in [5.41, 5.74) is 0. The van der Waals surface area contributed by atoms with Crippen LogP contribution in [0.25, 0.3) is 0 Å². The van der Waals surface area contributed by atoms with Crippen LogP contribution in [0.4, 0.5) is 0 Å². The van der Waals surface area contributed by atoms with Gasteiger partial charge in [0.05, 0.1) is 7.11 Å². The lowest BCUT2D eigenvalue weighted by atomic mass is 9.71. The van der Waals surface area contributed by atoms with Gasteiger partial charge >= 0.3 is 5.97 Å². The molecule has 0 saturated heterocycles. The maximum absolute atomic E-state index is 12.3. The minimum Gasteiger partial charge on any atom is -0.469 e. The molecule has 1 saturated carbocycles. The number of hydrogen-bond acceptors (Lipinski definition) is 3. The van der Waals surface area contributed by atoms with Crippen LogP contribution in [0, 0.1) is 17.8 Å². The number of rotatable bonds is 7. The Balaban J connectivity index is 2.32. The van der Waals surface area contributed by atoms with Gasteiger partial charge in [-0.2, -0.15) is 0 Å². The van der Waals surface area contributed by atoms with Crippen LogP contribution in [0.1, 0.15) is 65.2 Å². The molecular weight excluding hydrogens is 240 g/mol. The monoisotopic (exact) mass is 268 g/mol. The number of unbranched alkanes of at least 4 members (excludes halogenated alkanes) is 1. The molecule has 0 amide bonds. The Morgan fingerprint density at radius 1 is 1.11 bits per heavy atom. The topological polar surface area (TPSA) is 43.4 Å². The van der Waals surface area contributed by atoms with Gasteiger partial charge in [-0.1, -0.05) is 26.7 Å². The maximum Gasteiger partial charge on any atom is 0.305 e. The minimum absolute atomic E-state index is 0.176. The second kappa shape index (κ2) is 8.34.